The summed E-state index contributed by atoms with van der Waals surface area (Å²) in [6.07, 6.45) is 1.45. The summed E-state index contributed by atoms with van der Waals surface area (Å²) >= 11 is 0. The number of furan rings is 1. The number of nitrogens with zero attached hydrogens (tertiary/aromatic N) is 1. The normalized spacial score (nSPS) is 20.0. The van der Waals surface area contributed by atoms with E-state index in [4.69, 9.17) is 13.9 Å². The lowest BCUT2D eigenvalue weighted by molar-refractivity contribution is -0.181. The van der Waals surface area contributed by atoms with E-state index in [2.05, 4.69) is 5.32 Å². The van der Waals surface area contributed by atoms with E-state index in [1.165, 1.54) is 0 Å². The van der Waals surface area contributed by atoms with Crippen LogP contribution in [-0.2, 0) is 16.0 Å². The predicted molar refractivity (Wildman–Crippen MR) is 88.6 cm³/mol. The molecule has 4 rings (SSSR count). The SMILES string of the molecule is Cc1c(CNC(=O)N2CCC3(CC2)OCCO3)oc2ccccc12. The first-order valence-corrected chi connectivity index (χ1v) is 8.45. The molecule has 0 saturated carbocycles. The zero-order chi connectivity index (χ0) is 16.6. The van der Waals surface area contributed by atoms with Gasteiger partial charge in [-0.05, 0) is 13.0 Å². The highest BCUT2D eigenvalue weighted by Crippen LogP contribution is 2.31. The monoisotopic (exact) mass is 330 g/mol. The highest BCUT2D eigenvalue weighted by atomic mass is 16.7. The van der Waals surface area contributed by atoms with Gasteiger partial charge in [0.25, 0.3) is 0 Å². The molecule has 1 aromatic carbocycles. The van der Waals surface area contributed by atoms with Gasteiger partial charge in [0.1, 0.15) is 11.3 Å². The van der Waals surface area contributed by atoms with Gasteiger partial charge in [-0.3, -0.25) is 0 Å². The van der Waals surface area contributed by atoms with Crippen LogP contribution in [0.25, 0.3) is 11.0 Å². The van der Waals surface area contributed by atoms with Gasteiger partial charge in [-0.15, -0.1) is 0 Å². The number of urea groups is 1. The van der Waals surface area contributed by atoms with Crippen LogP contribution in [0.5, 0.6) is 0 Å². The number of hydrogen-bond donors (Lipinski definition) is 1. The minimum absolute atomic E-state index is 0.0669. The molecule has 128 valence electrons. The largest absolute Gasteiger partial charge is 0.459 e. The molecule has 3 heterocycles. The molecule has 24 heavy (non-hydrogen) atoms. The first-order valence-electron chi connectivity index (χ1n) is 8.45. The molecule has 1 spiro atoms. The molecule has 6 nitrogen and oxygen atoms in total. The maximum absolute atomic E-state index is 12.4. The second-order valence-electron chi connectivity index (χ2n) is 6.40. The molecule has 1 aromatic heterocycles. The molecule has 0 atom stereocenters. The Morgan fingerprint density at radius 3 is 2.62 bits per heavy atom. The fourth-order valence-corrected chi connectivity index (χ4v) is 3.50. The summed E-state index contributed by atoms with van der Waals surface area (Å²) in [6, 6.07) is 7.85. The molecule has 0 radical (unpaired) electrons. The number of benzene rings is 1. The van der Waals surface area contributed by atoms with Gasteiger partial charge >= 0.3 is 6.03 Å². The number of amides is 2. The van der Waals surface area contributed by atoms with Crippen LogP contribution in [0, 0.1) is 6.92 Å². The van der Waals surface area contributed by atoms with E-state index < -0.39 is 5.79 Å². The van der Waals surface area contributed by atoms with Crippen molar-refractivity contribution in [2.24, 2.45) is 0 Å². The number of carbonyl (C=O) groups excluding carboxylic acids is 1. The summed E-state index contributed by atoms with van der Waals surface area (Å²) in [7, 11) is 0. The topological polar surface area (TPSA) is 63.9 Å². The Morgan fingerprint density at radius 2 is 1.92 bits per heavy atom. The van der Waals surface area contributed by atoms with E-state index in [1.54, 1.807) is 0 Å². The van der Waals surface area contributed by atoms with Crippen LogP contribution >= 0.6 is 0 Å². The Labute approximate surface area is 140 Å². The predicted octanol–water partition coefficient (Wildman–Crippen LogP) is 2.79. The number of aryl methyl sites for hydroxylation is 1. The number of carbonyl (C=O) groups is 1. The van der Waals surface area contributed by atoms with Crippen molar-refractivity contribution in [3.63, 3.8) is 0 Å². The van der Waals surface area contributed by atoms with Crippen molar-refractivity contribution in [1.29, 1.82) is 0 Å². The summed E-state index contributed by atoms with van der Waals surface area (Å²) < 4.78 is 17.2. The van der Waals surface area contributed by atoms with Gasteiger partial charge in [0, 0.05) is 36.9 Å². The van der Waals surface area contributed by atoms with E-state index >= 15 is 0 Å². The highest BCUT2D eigenvalue weighted by molar-refractivity contribution is 5.82. The van der Waals surface area contributed by atoms with Crippen LogP contribution < -0.4 is 5.32 Å². The third-order valence-electron chi connectivity index (χ3n) is 4.97. The van der Waals surface area contributed by atoms with E-state index in [-0.39, 0.29) is 6.03 Å². The smallest absolute Gasteiger partial charge is 0.317 e. The van der Waals surface area contributed by atoms with Crippen molar-refractivity contribution in [3.8, 4) is 0 Å². The van der Waals surface area contributed by atoms with E-state index in [0.717, 1.165) is 35.1 Å². The Kier molecular flexibility index (Phi) is 3.94. The van der Waals surface area contributed by atoms with Crippen molar-refractivity contribution in [2.75, 3.05) is 26.3 Å². The van der Waals surface area contributed by atoms with Gasteiger partial charge in [-0.25, -0.2) is 4.79 Å². The summed E-state index contributed by atoms with van der Waals surface area (Å²) in [6.45, 7) is 5.01. The number of nitrogens with one attached hydrogen (secondary N) is 1. The third-order valence-corrected chi connectivity index (χ3v) is 4.97. The number of likely N-dealkylation sites (tertiary alicyclic amines) is 1. The number of ether oxygens (including phenoxy) is 2. The summed E-state index contributed by atoms with van der Waals surface area (Å²) in [5, 5.41) is 4.06. The van der Waals surface area contributed by atoms with Gasteiger partial charge in [-0.2, -0.15) is 0 Å². The van der Waals surface area contributed by atoms with Crippen LogP contribution in [0.1, 0.15) is 24.2 Å². The first kappa shape index (κ1) is 15.5. The lowest BCUT2D eigenvalue weighted by Gasteiger charge is -2.37. The average Bonchev–Trinajstić information content (AvgIpc) is 3.19. The number of fused-ring (bicyclic) bond motifs is 1. The third kappa shape index (κ3) is 2.76. The molecule has 2 aliphatic rings. The molecule has 0 bridgehead atoms. The van der Waals surface area contributed by atoms with Crippen molar-refractivity contribution >= 4 is 17.0 Å². The van der Waals surface area contributed by atoms with E-state index in [1.807, 2.05) is 36.1 Å². The highest BCUT2D eigenvalue weighted by Gasteiger charge is 2.40. The zero-order valence-electron chi connectivity index (χ0n) is 13.8. The molecular formula is C18H22N2O4. The van der Waals surface area contributed by atoms with E-state index in [0.29, 0.717) is 32.8 Å². The molecule has 2 amide bonds. The zero-order valence-corrected chi connectivity index (χ0v) is 13.8. The quantitative estimate of drug-likeness (QED) is 0.920. The molecule has 2 aromatic rings. The fraction of sp³-hybridized carbons (Fsp3) is 0.500. The standard InChI is InChI=1S/C18H22N2O4/c1-13-14-4-2-3-5-15(14)24-16(13)12-19-17(21)20-8-6-18(7-9-20)22-10-11-23-18/h2-5H,6-12H2,1H3,(H,19,21). The fourth-order valence-electron chi connectivity index (χ4n) is 3.50. The van der Waals surface area contributed by atoms with Crippen LogP contribution in [0.2, 0.25) is 0 Å². The molecule has 0 aliphatic carbocycles. The summed E-state index contributed by atoms with van der Waals surface area (Å²) in [5.41, 5.74) is 1.94. The van der Waals surface area contributed by atoms with Crippen molar-refractivity contribution < 1.29 is 18.7 Å². The maximum Gasteiger partial charge on any atom is 0.317 e. The maximum atomic E-state index is 12.4. The van der Waals surface area contributed by atoms with Crippen LogP contribution in [-0.4, -0.2) is 43.0 Å². The lowest BCUT2D eigenvalue weighted by Crippen LogP contribution is -2.50. The Morgan fingerprint density at radius 1 is 1.21 bits per heavy atom. The van der Waals surface area contributed by atoms with Gasteiger partial charge in [0.15, 0.2) is 5.79 Å². The minimum atomic E-state index is -0.452. The molecule has 2 aliphatic heterocycles. The Balaban J connectivity index is 1.35. The molecule has 1 N–H and O–H groups in total. The van der Waals surface area contributed by atoms with Crippen molar-refractivity contribution in [3.05, 3.63) is 35.6 Å². The van der Waals surface area contributed by atoms with E-state index in [9.17, 15) is 4.79 Å². The Bertz CT molecular complexity index is 739. The van der Waals surface area contributed by atoms with Crippen molar-refractivity contribution in [2.45, 2.75) is 32.1 Å². The number of piperidine rings is 1. The van der Waals surface area contributed by atoms with Crippen molar-refractivity contribution in [1.82, 2.24) is 10.2 Å². The van der Waals surface area contributed by atoms with Gasteiger partial charge in [0.05, 0.1) is 19.8 Å². The molecule has 2 fully saturated rings. The van der Waals surface area contributed by atoms with Gasteiger partial charge in [-0.1, -0.05) is 18.2 Å². The summed E-state index contributed by atoms with van der Waals surface area (Å²) in [5.74, 6) is 0.354. The van der Waals surface area contributed by atoms with Gasteiger partial charge < -0.3 is 24.1 Å². The molecule has 0 unspecified atom stereocenters. The molecular weight excluding hydrogens is 308 g/mol. The molecule has 2 saturated heterocycles. The lowest BCUT2D eigenvalue weighted by atomic mass is 10.0. The van der Waals surface area contributed by atoms with Gasteiger partial charge in [0.2, 0.25) is 0 Å². The first-order chi connectivity index (χ1) is 11.7. The van der Waals surface area contributed by atoms with Crippen LogP contribution in [0.4, 0.5) is 4.79 Å². The minimum Gasteiger partial charge on any atom is -0.459 e. The number of hydrogen-bond acceptors (Lipinski definition) is 4. The number of para-hydroxylation sites is 1. The van der Waals surface area contributed by atoms with Crippen LogP contribution in [0.3, 0.4) is 0 Å². The van der Waals surface area contributed by atoms with Crippen LogP contribution in [0.15, 0.2) is 28.7 Å². The number of rotatable bonds is 2. The Hall–Kier alpha value is -2.05. The average molecular weight is 330 g/mol. The second kappa shape index (κ2) is 6.11. The summed E-state index contributed by atoms with van der Waals surface area (Å²) in [4.78, 5) is 14.2. The molecule has 6 heteroatoms. The second-order valence-corrected chi connectivity index (χ2v) is 6.40.